The third-order valence-electron chi connectivity index (χ3n) is 0. The Hall–Kier alpha value is 0.818. The van der Waals surface area contributed by atoms with Crippen molar-refractivity contribution in [1.29, 1.82) is 0 Å². The molecule has 0 bridgehead atoms. The van der Waals surface area contributed by atoms with Crippen molar-refractivity contribution in [2.45, 2.75) is 0 Å². The molecule has 0 aliphatic carbocycles. The van der Waals surface area contributed by atoms with Gasteiger partial charge in [-0.2, -0.15) is 0 Å². The molecule has 0 aromatic rings. The van der Waals surface area contributed by atoms with Crippen molar-refractivity contribution < 1.29 is 21.1 Å². The fourth-order valence-corrected chi connectivity index (χ4v) is 0. The molecule has 0 heterocycles. The Labute approximate surface area is 58.5 Å². The maximum atomic E-state index is 0. The first-order valence-electron chi connectivity index (χ1n) is 0. The smallest absolute Gasteiger partial charge is 0 e. The molecule has 0 aromatic carbocycles. The average molecular weight is 300 g/mol. The largest absolute Gasteiger partial charge is 0.344 e. The van der Waals surface area contributed by atoms with Crippen LogP contribution in [0.15, 0.2) is 0 Å². The Kier molecular flexibility index (Phi) is 11600. The molecule has 0 atom stereocenters. The normalized spacial score (nSPS) is 0. The van der Waals surface area contributed by atoms with Crippen molar-refractivity contribution in [3.63, 3.8) is 0 Å². The van der Waals surface area contributed by atoms with E-state index in [1.807, 2.05) is 0 Å². The predicted molar refractivity (Wildman–Crippen MR) is 27.3 cm³/mol. The number of hydrogen-bond acceptors (Lipinski definition) is 4. The topological polar surface area (TPSA) is 140 Å². The minimum atomic E-state index is 0. The first-order valence-corrected chi connectivity index (χ1v) is 0. The summed E-state index contributed by atoms with van der Waals surface area (Å²) in [6.07, 6.45) is 0. The van der Waals surface area contributed by atoms with E-state index < -0.39 is 0 Å². The van der Waals surface area contributed by atoms with Crippen LogP contribution in [0, 0.1) is 0 Å². The summed E-state index contributed by atoms with van der Waals surface area (Å²) in [5.74, 6) is 0. The Balaban J connectivity index is 0. The minimum absolute atomic E-state index is 0. The van der Waals surface area contributed by atoms with Gasteiger partial charge in [-0.15, -0.1) is 12.4 Å². The molecule has 6 heavy (non-hydrogen) atoms. The van der Waals surface area contributed by atoms with Gasteiger partial charge in [0, 0.05) is 21.1 Å². The molecule has 0 saturated heterocycles. The molecule has 6 heteroatoms. The van der Waals surface area contributed by atoms with E-state index in [2.05, 4.69) is 0 Å². The van der Waals surface area contributed by atoms with E-state index in [0.29, 0.717) is 0 Å². The average Bonchev–Trinajstić information content (AvgIpc) is 0. The molecule has 4 nitrogen and oxygen atoms in total. The first-order chi connectivity index (χ1) is 0. The second-order valence-electron chi connectivity index (χ2n) is 0. The van der Waals surface area contributed by atoms with Crippen LogP contribution in [0.3, 0.4) is 0 Å². The maximum absolute atomic E-state index is 0. The summed E-state index contributed by atoms with van der Waals surface area (Å²) in [4.78, 5) is 0. The molecular formula is H13ClN4Pt. The summed E-state index contributed by atoms with van der Waals surface area (Å²) in [7, 11) is 0. The van der Waals surface area contributed by atoms with Crippen molar-refractivity contribution in [3.8, 4) is 0 Å². The van der Waals surface area contributed by atoms with E-state index in [4.69, 9.17) is 0 Å². The maximum Gasteiger partial charge on any atom is 0 e. The summed E-state index contributed by atoms with van der Waals surface area (Å²) >= 11 is 0. The second kappa shape index (κ2) is 202. The molecule has 0 fully saturated rings. The number of halogens is 1. The molecule has 12 N–H and O–H groups in total. The molecule has 0 spiro atoms. The van der Waals surface area contributed by atoms with Gasteiger partial charge >= 0.3 is 0 Å². The van der Waals surface area contributed by atoms with Gasteiger partial charge in [0.2, 0.25) is 0 Å². The zero-order chi connectivity index (χ0) is 0. The monoisotopic (exact) mass is 299 g/mol. The standard InChI is InChI=1S/ClH.4H3N.Pt/h1H;4*1H3;. The van der Waals surface area contributed by atoms with Crippen molar-refractivity contribution in [2.24, 2.45) is 0 Å². The third kappa shape index (κ3) is 105. The van der Waals surface area contributed by atoms with Gasteiger partial charge in [0.15, 0.2) is 0 Å². The molecular weight excluding hydrogens is 287 g/mol. The van der Waals surface area contributed by atoms with Crippen molar-refractivity contribution in [1.82, 2.24) is 24.6 Å². The van der Waals surface area contributed by atoms with Crippen LogP contribution in [0.2, 0.25) is 0 Å². The Morgan fingerprint density at radius 2 is 0.500 bits per heavy atom. The van der Waals surface area contributed by atoms with Gasteiger partial charge in [-0.1, -0.05) is 0 Å². The summed E-state index contributed by atoms with van der Waals surface area (Å²) < 4.78 is 0. The van der Waals surface area contributed by atoms with Crippen molar-refractivity contribution in [2.75, 3.05) is 0 Å². The first kappa shape index (κ1) is 345. The summed E-state index contributed by atoms with van der Waals surface area (Å²) in [5, 5.41) is 0. The molecule has 0 unspecified atom stereocenters. The molecule has 0 radical (unpaired) electrons. The quantitative estimate of drug-likeness (QED) is 0.531. The molecule has 0 saturated carbocycles. The van der Waals surface area contributed by atoms with Crippen LogP contribution in [0.4, 0.5) is 0 Å². The fraction of sp³-hybridized carbons (Fsp3) is 0. The van der Waals surface area contributed by atoms with E-state index in [1.54, 1.807) is 0 Å². The summed E-state index contributed by atoms with van der Waals surface area (Å²) in [6.45, 7) is 0. The van der Waals surface area contributed by atoms with E-state index in [-0.39, 0.29) is 58.1 Å². The van der Waals surface area contributed by atoms with E-state index in [9.17, 15) is 0 Å². The van der Waals surface area contributed by atoms with Crippen molar-refractivity contribution in [3.05, 3.63) is 0 Å². The van der Waals surface area contributed by atoms with Crippen LogP contribution < -0.4 is 24.6 Å². The SMILES string of the molecule is Cl.N.N.N.N.[Pt]. The van der Waals surface area contributed by atoms with E-state index in [1.165, 1.54) is 0 Å². The van der Waals surface area contributed by atoms with Crippen LogP contribution in [-0.4, -0.2) is 0 Å². The third-order valence-corrected chi connectivity index (χ3v) is 0. The zero-order valence-corrected chi connectivity index (χ0v) is 6.64. The van der Waals surface area contributed by atoms with Crippen LogP contribution in [0.25, 0.3) is 0 Å². The number of rotatable bonds is 0. The Morgan fingerprint density at radius 1 is 0.500 bits per heavy atom. The molecule has 0 aliphatic heterocycles. The van der Waals surface area contributed by atoms with E-state index >= 15 is 0 Å². The molecule has 0 rings (SSSR count). The van der Waals surface area contributed by atoms with Gasteiger partial charge in [-0.25, -0.2) is 0 Å². The fourth-order valence-electron chi connectivity index (χ4n) is 0. The minimum Gasteiger partial charge on any atom is -0.344 e. The molecule has 50 valence electrons. The van der Waals surface area contributed by atoms with E-state index in [0.717, 1.165) is 0 Å². The van der Waals surface area contributed by atoms with Gasteiger partial charge in [0.1, 0.15) is 0 Å². The van der Waals surface area contributed by atoms with Crippen LogP contribution in [0.1, 0.15) is 0 Å². The molecule has 0 aliphatic rings. The Morgan fingerprint density at radius 3 is 0.500 bits per heavy atom. The van der Waals surface area contributed by atoms with Gasteiger partial charge in [0.05, 0.1) is 0 Å². The van der Waals surface area contributed by atoms with Gasteiger partial charge in [0.25, 0.3) is 0 Å². The number of hydrogen-bond donors (Lipinski definition) is 4. The Bertz CT molecular complexity index is 7.51. The summed E-state index contributed by atoms with van der Waals surface area (Å²) in [5.41, 5.74) is 0. The van der Waals surface area contributed by atoms with Gasteiger partial charge < -0.3 is 24.6 Å². The molecule has 0 aromatic heterocycles. The van der Waals surface area contributed by atoms with Crippen LogP contribution in [0.5, 0.6) is 0 Å². The summed E-state index contributed by atoms with van der Waals surface area (Å²) in [6, 6.07) is 0. The zero-order valence-electron chi connectivity index (χ0n) is 3.55. The van der Waals surface area contributed by atoms with Gasteiger partial charge in [-0.05, 0) is 0 Å². The second-order valence-corrected chi connectivity index (χ2v) is 0. The van der Waals surface area contributed by atoms with Crippen LogP contribution >= 0.6 is 12.4 Å². The van der Waals surface area contributed by atoms with Gasteiger partial charge in [-0.3, -0.25) is 0 Å². The van der Waals surface area contributed by atoms with Crippen LogP contribution in [-0.2, 0) is 21.1 Å². The molecule has 0 amide bonds. The van der Waals surface area contributed by atoms with Crippen molar-refractivity contribution >= 4 is 12.4 Å². The predicted octanol–water partition coefficient (Wildman–Crippen LogP) is 1.07.